The van der Waals surface area contributed by atoms with Gasteiger partial charge in [-0.3, -0.25) is 4.79 Å². The summed E-state index contributed by atoms with van der Waals surface area (Å²) in [6.07, 6.45) is 0. The van der Waals surface area contributed by atoms with Crippen LogP contribution in [0.2, 0.25) is 0 Å². The average molecular weight is 440 g/mol. The van der Waals surface area contributed by atoms with Crippen LogP contribution < -0.4 is 14.8 Å². The predicted octanol–water partition coefficient (Wildman–Crippen LogP) is 6.53. The molecule has 0 aliphatic heterocycles. The molecule has 0 atom stereocenters. The summed E-state index contributed by atoms with van der Waals surface area (Å²) in [5.41, 5.74) is 1.25. The highest BCUT2D eigenvalue weighted by atomic mass is 79.9. The Hall–Kier alpha value is -2.79. The molecule has 3 rings (SSSR count). The van der Waals surface area contributed by atoms with Gasteiger partial charge in [0.25, 0.3) is 5.91 Å². The van der Waals surface area contributed by atoms with Crippen molar-refractivity contribution in [1.82, 2.24) is 0 Å². The topological polar surface area (TPSA) is 47.6 Å². The molecule has 0 spiro atoms. The number of anilines is 1. The summed E-state index contributed by atoms with van der Waals surface area (Å²) in [4.78, 5) is 12.5. The fourth-order valence-electron chi connectivity index (χ4n) is 2.45. The van der Waals surface area contributed by atoms with Crippen molar-refractivity contribution in [3.63, 3.8) is 0 Å². The van der Waals surface area contributed by atoms with Gasteiger partial charge < -0.3 is 14.8 Å². The number of hydrogen-bond donors (Lipinski definition) is 1. The second-order valence-electron chi connectivity index (χ2n) is 6.74. The molecule has 0 fully saturated rings. The van der Waals surface area contributed by atoms with Crippen molar-refractivity contribution in [1.29, 1.82) is 0 Å². The molecular weight excluding hydrogens is 418 g/mol. The molecule has 5 heteroatoms. The van der Waals surface area contributed by atoms with Gasteiger partial charge >= 0.3 is 0 Å². The van der Waals surface area contributed by atoms with E-state index in [-0.39, 0.29) is 5.91 Å². The fraction of sp³-hybridized carbons (Fsp3) is 0.174. The van der Waals surface area contributed by atoms with Gasteiger partial charge in [-0.2, -0.15) is 0 Å². The Morgan fingerprint density at radius 3 is 2.29 bits per heavy atom. The van der Waals surface area contributed by atoms with E-state index < -0.39 is 0 Å². The number of halogens is 1. The molecule has 0 aliphatic rings. The third kappa shape index (κ3) is 5.60. The Morgan fingerprint density at radius 1 is 0.964 bits per heavy atom. The summed E-state index contributed by atoms with van der Waals surface area (Å²) in [5, 5.41) is 2.89. The van der Waals surface area contributed by atoms with Crippen LogP contribution in [0, 0.1) is 5.92 Å². The monoisotopic (exact) mass is 439 g/mol. The molecular formula is C23H22BrNO3. The quantitative estimate of drug-likeness (QED) is 0.455. The maximum atomic E-state index is 12.5. The zero-order chi connectivity index (χ0) is 19.9. The summed E-state index contributed by atoms with van der Waals surface area (Å²) in [6.45, 7) is 4.80. The summed E-state index contributed by atoms with van der Waals surface area (Å²) in [7, 11) is 0. The lowest BCUT2D eigenvalue weighted by Gasteiger charge is -2.12. The van der Waals surface area contributed by atoms with Crippen LogP contribution in [0.5, 0.6) is 17.2 Å². The van der Waals surface area contributed by atoms with Crippen molar-refractivity contribution in [2.24, 2.45) is 5.92 Å². The molecule has 0 heterocycles. The van der Waals surface area contributed by atoms with E-state index in [4.69, 9.17) is 9.47 Å². The van der Waals surface area contributed by atoms with E-state index in [1.54, 1.807) is 18.2 Å². The second-order valence-corrected chi connectivity index (χ2v) is 7.60. The molecule has 0 saturated heterocycles. The van der Waals surface area contributed by atoms with Crippen molar-refractivity contribution in [2.75, 3.05) is 11.9 Å². The van der Waals surface area contributed by atoms with Gasteiger partial charge in [0.15, 0.2) is 0 Å². The van der Waals surface area contributed by atoms with E-state index in [0.29, 0.717) is 29.5 Å². The number of benzene rings is 3. The highest BCUT2D eigenvalue weighted by molar-refractivity contribution is 9.10. The Labute approximate surface area is 173 Å². The summed E-state index contributed by atoms with van der Waals surface area (Å²) in [5.74, 6) is 2.45. The number of carbonyl (C=O) groups excluding carboxylic acids is 1. The van der Waals surface area contributed by atoms with Crippen LogP contribution in [-0.4, -0.2) is 12.5 Å². The van der Waals surface area contributed by atoms with Gasteiger partial charge in [-0.25, -0.2) is 0 Å². The number of amides is 1. The van der Waals surface area contributed by atoms with Gasteiger partial charge in [0.1, 0.15) is 17.2 Å². The Balaban J connectivity index is 1.62. The van der Waals surface area contributed by atoms with Crippen molar-refractivity contribution in [3.05, 3.63) is 82.8 Å². The van der Waals surface area contributed by atoms with E-state index in [1.165, 1.54) is 0 Å². The van der Waals surface area contributed by atoms with Gasteiger partial charge in [-0.1, -0.05) is 32.0 Å². The van der Waals surface area contributed by atoms with Gasteiger partial charge in [0.05, 0.1) is 11.1 Å². The first-order valence-electron chi connectivity index (χ1n) is 9.08. The van der Waals surface area contributed by atoms with Crippen LogP contribution in [0.4, 0.5) is 5.69 Å². The van der Waals surface area contributed by atoms with E-state index in [0.717, 1.165) is 16.0 Å². The lowest BCUT2D eigenvalue weighted by molar-refractivity contribution is 0.102. The minimum Gasteiger partial charge on any atom is -0.492 e. The largest absolute Gasteiger partial charge is 0.492 e. The molecule has 0 radical (unpaired) electrons. The predicted molar refractivity (Wildman–Crippen MR) is 115 cm³/mol. The van der Waals surface area contributed by atoms with E-state index in [1.807, 2.05) is 54.6 Å². The first-order chi connectivity index (χ1) is 13.5. The highest BCUT2D eigenvalue weighted by Crippen LogP contribution is 2.27. The number of hydrogen-bond acceptors (Lipinski definition) is 3. The van der Waals surface area contributed by atoms with Crippen LogP contribution in [0.3, 0.4) is 0 Å². The SMILES string of the molecule is CC(C)COc1ccc(C(=O)Nc2ccc(Oc3ccccc3)cc2)cc1Br. The van der Waals surface area contributed by atoms with Crippen molar-refractivity contribution in [3.8, 4) is 17.2 Å². The van der Waals surface area contributed by atoms with E-state index in [9.17, 15) is 4.79 Å². The highest BCUT2D eigenvalue weighted by Gasteiger charge is 2.10. The third-order valence-electron chi connectivity index (χ3n) is 3.86. The van der Waals surface area contributed by atoms with Crippen molar-refractivity contribution < 1.29 is 14.3 Å². The van der Waals surface area contributed by atoms with Gasteiger partial charge in [-0.15, -0.1) is 0 Å². The Bertz CT molecular complexity index is 924. The molecule has 28 heavy (non-hydrogen) atoms. The average Bonchev–Trinajstić information content (AvgIpc) is 2.69. The summed E-state index contributed by atoms with van der Waals surface area (Å²) < 4.78 is 12.2. The fourth-order valence-corrected chi connectivity index (χ4v) is 2.94. The molecule has 0 bridgehead atoms. The standard InChI is InChI=1S/C23H22BrNO3/c1-16(2)15-27-22-13-8-17(14-21(22)24)23(26)25-18-9-11-20(12-10-18)28-19-6-4-3-5-7-19/h3-14,16H,15H2,1-2H3,(H,25,26). The number of ether oxygens (including phenoxy) is 2. The van der Waals surface area contributed by atoms with E-state index in [2.05, 4.69) is 35.1 Å². The molecule has 3 aromatic carbocycles. The molecule has 3 aromatic rings. The first-order valence-corrected chi connectivity index (χ1v) is 9.87. The number of para-hydroxylation sites is 1. The normalized spacial score (nSPS) is 10.6. The maximum absolute atomic E-state index is 12.5. The van der Waals surface area contributed by atoms with Gasteiger partial charge in [-0.05, 0) is 76.4 Å². The van der Waals surface area contributed by atoms with Crippen LogP contribution in [0.1, 0.15) is 24.2 Å². The minimum absolute atomic E-state index is 0.187. The van der Waals surface area contributed by atoms with Crippen LogP contribution in [0.25, 0.3) is 0 Å². The summed E-state index contributed by atoms with van der Waals surface area (Å²) in [6, 6.07) is 22.1. The van der Waals surface area contributed by atoms with Gasteiger partial charge in [0, 0.05) is 11.3 Å². The lowest BCUT2D eigenvalue weighted by atomic mass is 10.2. The van der Waals surface area contributed by atoms with Crippen LogP contribution in [0.15, 0.2) is 77.3 Å². The van der Waals surface area contributed by atoms with Crippen molar-refractivity contribution >= 4 is 27.5 Å². The third-order valence-corrected chi connectivity index (χ3v) is 4.48. The number of nitrogens with one attached hydrogen (secondary N) is 1. The lowest BCUT2D eigenvalue weighted by Crippen LogP contribution is -2.12. The molecule has 1 N–H and O–H groups in total. The molecule has 0 saturated carbocycles. The molecule has 1 amide bonds. The molecule has 0 aromatic heterocycles. The number of rotatable bonds is 7. The minimum atomic E-state index is -0.187. The van der Waals surface area contributed by atoms with Crippen LogP contribution in [-0.2, 0) is 0 Å². The molecule has 144 valence electrons. The van der Waals surface area contributed by atoms with E-state index >= 15 is 0 Å². The zero-order valence-electron chi connectivity index (χ0n) is 15.8. The van der Waals surface area contributed by atoms with Crippen molar-refractivity contribution in [2.45, 2.75) is 13.8 Å². The molecule has 4 nitrogen and oxygen atoms in total. The molecule has 0 aliphatic carbocycles. The van der Waals surface area contributed by atoms with Gasteiger partial charge in [0.2, 0.25) is 0 Å². The zero-order valence-corrected chi connectivity index (χ0v) is 17.4. The summed E-state index contributed by atoms with van der Waals surface area (Å²) >= 11 is 3.47. The Kier molecular flexibility index (Phi) is 6.71. The Morgan fingerprint density at radius 2 is 1.64 bits per heavy atom. The second kappa shape index (κ2) is 9.42. The number of carbonyl (C=O) groups is 1. The first kappa shape index (κ1) is 20.0. The maximum Gasteiger partial charge on any atom is 0.255 e. The smallest absolute Gasteiger partial charge is 0.255 e. The molecule has 0 unspecified atom stereocenters. The van der Waals surface area contributed by atoms with Crippen LogP contribution >= 0.6 is 15.9 Å².